The van der Waals surface area contributed by atoms with Gasteiger partial charge in [-0.2, -0.15) is 4.31 Å². The van der Waals surface area contributed by atoms with Gasteiger partial charge in [-0.15, -0.1) is 11.3 Å². The molecule has 1 N–H and O–H groups in total. The van der Waals surface area contributed by atoms with Crippen LogP contribution in [0.2, 0.25) is 0 Å². The highest BCUT2D eigenvalue weighted by atomic mass is 32.2. The number of anilines is 1. The molecule has 28 heavy (non-hydrogen) atoms. The van der Waals surface area contributed by atoms with Crippen molar-refractivity contribution in [3.8, 4) is 5.88 Å². The highest BCUT2D eigenvalue weighted by molar-refractivity contribution is 7.91. The normalized spacial score (nSPS) is 16.0. The Morgan fingerprint density at radius 2 is 2.07 bits per heavy atom. The fraction of sp³-hybridized carbons (Fsp3) is 0.444. The van der Waals surface area contributed by atoms with Crippen LogP contribution < -0.4 is 10.1 Å². The van der Waals surface area contributed by atoms with Gasteiger partial charge in [0.2, 0.25) is 11.8 Å². The van der Waals surface area contributed by atoms with E-state index >= 15 is 0 Å². The van der Waals surface area contributed by atoms with Gasteiger partial charge in [0.25, 0.3) is 10.0 Å². The Labute approximate surface area is 168 Å². The number of nitrogens with zero attached hydrogens (tertiary/aromatic N) is 2. The minimum atomic E-state index is -3.47. The molecule has 0 unspecified atom stereocenters. The number of piperidine rings is 1. The molecule has 0 aliphatic carbocycles. The summed E-state index contributed by atoms with van der Waals surface area (Å²) in [7, 11) is -1.89. The van der Waals surface area contributed by atoms with E-state index in [1.807, 2.05) is 0 Å². The van der Waals surface area contributed by atoms with Gasteiger partial charge in [-0.05, 0) is 36.4 Å². The molecule has 3 rings (SSSR count). The van der Waals surface area contributed by atoms with E-state index in [2.05, 4.69) is 10.3 Å². The second-order valence-corrected chi connectivity index (χ2v) is 9.41. The molecule has 3 heterocycles. The van der Waals surface area contributed by atoms with Crippen molar-refractivity contribution >= 4 is 33.0 Å². The van der Waals surface area contributed by atoms with Gasteiger partial charge in [-0.3, -0.25) is 4.79 Å². The van der Waals surface area contributed by atoms with Gasteiger partial charge in [0.1, 0.15) is 16.5 Å². The number of hydrogen-bond acceptors (Lipinski definition) is 7. The zero-order chi connectivity index (χ0) is 20.0. The monoisotopic (exact) mass is 425 g/mol. The second-order valence-electron chi connectivity index (χ2n) is 6.30. The molecule has 0 atom stereocenters. The number of sulfonamides is 1. The van der Waals surface area contributed by atoms with Crippen molar-refractivity contribution < 1.29 is 22.7 Å². The topological polar surface area (TPSA) is 97.8 Å². The fourth-order valence-corrected chi connectivity index (χ4v) is 5.57. The number of pyridine rings is 1. The minimum Gasteiger partial charge on any atom is -0.474 e. The van der Waals surface area contributed by atoms with Crippen LogP contribution in [0.25, 0.3) is 0 Å². The minimum absolute atomic E-state index is 0.155. The highest BCUT2D eigenvalue weighted by Gasteiger charge is 2.32. The van der Waals surface area contributed by atoms with Gasteiger partial charge in [-0.25, -0.2) is 13.4 Å². The molecule has 0 aromatic carbocycles. The zero-order valence-electron chi connectivity index (χ0n) is 15.5. The van der Waals surface area contributed by atoms with Gasteiger partial charge in [0, 0.05) is 32.3 Å². The summed E-state index contributed by atoms with van der Waals surface area (Å²) in [6.07, 6.45) is 2.53. The third-order valence-electron chi connectivity index (χ3n) is 4.47. The maximum atomic E-state index is 12.6. The van der Waals surface area contributed by atoms with E-state index in [1.54, 1.807) is 43.0 Å². The Hall–Kier alpha value is -2.01. The standard InChI is InChI=1S/C18H23N3O5S2/c1-25-11-12-26-18-15(4-2-8-19-18)20-17(22)14-6-9-21(10-7-14)28(23,24)16-5-3-13-27-16/h2-5,8,13-14H,6-7,9-12H2,1H3,(H,20,22). The lowest BCUT2D eigenvalue weighted by molar-refractivity contribution is -0.120. The van der Waals surface area contributed by atoms with Crippen molar-refractivity contribution in [3.63, 3.8) is 0 Å². The number of methoxy groups -OCH3 is 1. The molecule has 10 heteroatoms. The first-order valence-corrected chi connectivity index (χ1v) is 11.3. The summed E-state index contributed by atoms with van der Waals surface area (Å²) in [4.78, 5) is 16.8. The molecule has 0 bridgehead atoms. The van der Waals surface area contributed by atoms with Gasteiger partial charge >= 0.3 is 0 Å². The predicted octanol–water partition coefficient (Wildman–Crippen LogP) is 2.21. The Morgan fingerprint density at radius 1 is 1.29 bits per heavy atom. The lowest BCUT2D eigenvalue weighted by Crippen LogP contribution is -2.41. The number of aromatic nitrogens is 1. The fourth-order valence-electron chi connectivity index (χ4n) is 2.95. The number of amides is 1. The van der Waals surface area contributed by atoms with Crippen LogP contribution in [0.1, 0.15) is 12.8 Å². The number of thiophene rings is 1. The summed E-state index contributed by atoms with van der Waals surface area (Å²) in [5.41, 5.74) is 0.497. The van der Waals surface area contributed by atoms with Crippen LogP contribution in [-0.2, 0) is 19.6 Å². The average molecular weight is 426 g/mol. The lowest BCUT2D eigenvalue weighted by atomic mass is 9.97. The first-order valence-electron chi connectivity index (χ1n) is 8.93. The van der Waals surface area contributed by atoms with Crippen molar-refractivity contribution in [1.29, 1.82) is 0 Å². The van der Waals surface area contributed by atoms with Crippen LogP contribution in [-0.4, -0.2) is 57.0 Å². The largest absolute Gasteiger partial charge is 0.474 e. The Morgan fingerprint density at radius 3 is 2.75 bits per heavy atom. The molecule has 2 aromatic rings. The maximum absolute atomic E-state index is 12.6. The third-order valence-corrected chi connectivity index (χ3v) is 7.74. The summed E-state index contributed by atoms with van der Waals surface area (Å²) < 4.78 is 37.4. The van der Waals surface area contributed by atoms with Crippen LogP contribution >= 0.6 is 11.3 Å². The molecular formula is C18H23N3O5S2. The number of hydrogen-bond donors (Lipinski definition) is 1. The van der Waals surface area contributed by atoms with Crippen LogP contribution in [0.15, 0.2) is 40.1 Å². The van der Waals surface area contributed by atoms with E-state index in [4.69, 9.17) is 9.47 Å². The van der Waals surface area contributed by atoms with Gasteiger partial charge in [0.05, 0.1) is 6.61 Å². The van der Waals surface area contributed by atoms with Crippen LogP contribution in [0.5, 0.6) is 5.88 Å². The van der Waals surface area contributed by atoms with Gasteiger partial charge in [-0.1, -0.05) is 6.07 Å². The van der Waals surface area contributed by atoms with Gasteiger partial charge in [0.15, 0.2) is 0 Å². The van der Waals surface area contributed by atoms with Crippen molar-refractivity contribution in [2.75, 3.05) is 38.7 Å². The van der Waals surface area contributed by atoms with Crippen LogP contribution in [0.4, 0.5) is 5.69 Å². The number of carbonyl (C=O) groups excluding carboxylic acids is 1. The van der Waals surface area contributed by atoms with Gasteiger partial charge < -0.3 is 14.8 Å². The summed E-state index contributed by atoms with van der Waals surface area (Å²) in [6.45, 7) is 1.39. The van der Waals surface area contributed by atoms with E-state index in [0.29, 0.717) is 54.9 Å². The summed E-state index contributed by atoms with van der Waals surface area (Å²) in [5.74, 6) is -0.0785. The van der Waals surface area contributed by atoms with E-state index < -0.39 is 10.0 Å². The van der Waals surface area contributed by atoms with Crippen molar-refractivity contribution in [2.24, 2.45) is 5.92 Å². The Bertz CT molecular complexity index is 878. The van der Waals surface area contributed by atoms with Crippen molar-refractivity contribution in [3.05, 3.63) is 35.8 Å². The molecule has 1 aliphatic rings. The molecular weight excluding hydrogens is 402 g/mol. The SMILES string of the molecule is COCCOc1ncccc1NC(=O)C1CCN(S(=O)(=O)c2cccs2)CC1. The number of carbonyl (C=O) groups is 1. The molecule has 1 aliphatic heterocycles. The third kappa shape index (κ3) is 4.88. The van der Waals surface area contributed by atoms with Crippen molar-refractivity contribution in [2.45, 2.75) is 17.1 Å². The van der Waals surface area contributed by atoms with E-state index in [-0.39, 0.29) is 11.8 Å². The molecule has 1 saturated heterocycles. The number of nitrogens with one attached hydrogen (secondary N) is 1. The molecule has 8 nitrogen and oxygen atoms in total. The summed E-state index contributed by atoms with van der Waals surface area (Å²) in [5, 5.41) is 4.60. The van der Waals surface area contributed by atoms with Crippen LogP contribution in [0, 0.1) is 5.92 Å². The first-order chi connectivity index (χ1) is 13.5. The molecule has 152 valence electrons. The smallest absolute Gasteiger partial charge is 0.252 e. The maximum Gasteiger partial charge on any atom is 0.252 e. The van der Waals surface area contributed by atoms with E-state index in [9.17, 15) is 13.2 Å². The second kappa shape index (κ2) is 9.46. The highest BCUT2D eigenvalue weighted by Crippen LogP contribution is 2.28. The van der Waals surface area contributed by atoms with Crippen LogP contribution in [0.3, 0.4) is 0 Å². The lowest BCUT2D eigenvalue weighted by Gasteiger charge is -2.30. The molecule has 0 radical (unpaired) electrons. The number of rotatable bonds is 8. The summed E-state index contributed by atoms with van der Waals surface area (Å²) in [6, 6.07) is 6.77. The predicted molar refractivity (Wildman–Crippen MR) is 106 cm³/mol. The van der Waals surface area contributed by atoms with E-state index in [1.165, 1.54) is 15.6 Å². The molecule has 1 amide bonds. The molecule has 0 saturated carbocycles. The molecule has 1 fully saturated rings. The Balaban J connectivity index is 1.58. The van der Waals surface area contributed by atoms with E-state index in [0.717, 1.165) is 0 Å². The van der Waals surface area contributed by atoms with Crippen molar-refractivity contribution in [1.82, 2.24) is 9.29 Å². The zero-order valence-corrected chi connectivity index (χ0v) is 17.2. The average Bonchev–Trinajstić information content (AvgIpc) is 3.25. The first kappa shape index (κ1) is 20.7. The quantitative estimate of drug-likeness (QED) is 0.651. The summed E-state index contributed by atoms with van der Waals surface area (Å²) >= 11 is 1.20. The molecule has 0 spiro atoms. The number of ether oxygens (including phenoxy) is 2. The Kier molecular flexibility index (Phi) is 7.00. The molecule has 2 aromatic heterocycles.